The largest absolute Gasteiger partial charge is 0.341 e. The maximum Gasteiger partial charge on any atom is 0.240 e. The molecule has 1 saturated heterocycles. The van der Waals surface area contributed by atoms with E-state index in [2.05, 4.69) is 4.72 Å². The summed E-state index contributed by atoms with van der Waals surface area (Å²) in [5.74, 6) is -0.00373. The molecular formula is C12H24N2O3S. The van der Waals surface area contributed by atoms with Crippen LogP contribution in [0.5, 0.6) is 0 Å². The van der Waals surface area contributed by atoms with Gasteiger partial charge in [0, 0.05) is 13.1 Å². The van der Waals surface area contributed by atoms with E-state index in [0.717, 1.165) is 38.8 Å². The van der Waals surface area contributed by atoms with Crippen molar-refractivity contribution in [3.05, 3.63) is 0 Å². The molecule has 0 saturated carbocycles. The molecule has 5 nitrogen and oxygen atoms in total. The number of hydrogen-bond donors (Lipinski definition) is 1. The second-order valence-electron chi connectivity index (χ2n) is 4.90. The molecule has 1 aliphatic rings. The van der Waals surface area contributed by atoms with Crippen LogP contribution in [0.4, 0.5) is 0 Å². The van der Waals surface area contributed by atoms with Crippen molar-refractivity contribution in [2.24, 2.45) is 0 Å². The highest BCUT2D eigenvalue weighted by atomic mass is 32.2. The number of rotatable bonds is 6. The summed E-state index contributed by atoms with van der Waals surface area (Å²) in [4.78, 5) is 13.8. The zero-order valence-electron chi connectivity index (χ0n) is 11.3. The van der Waals surface area contributed by atoms with Crippen LogP contribution in [0.25, 0.3) is 0 Å². The fourth-order valence-corrected chi connectivity index (χ4v) is 3.53. The van der Waals surface area contributed by atoms with E-state index < -0.39 is 16.1 Å². The topological polar surface area (TPSA) is 66.5 Å². The van der Waals surface area contributed by atoms with E-state index in [9.17, 15) is 13.2 Å². The average molecular weight is 276 g/mol. The van der Waals surface area contributed by atoms with Gasteiger partial charge in [0.1, 0.15) is 0 Å². The van der Waals surface area contributed by atoms with Gasteiger partial charge in [0.25, 0.3) is 0 Å². The summed E-state index contributed by atoms with van der Waals surface area (Å²) in [5, 5.41) is 0. The molecular weight excluding hydrogens is 252 g/mol. The lowest BCUT2D eigenvalue weighted by atomic mass is 10.1. The monoisotopic (exact) mass is 276 g/mol. The predicted molar refractivity (Wildman–Crippen MR) is 71.7 cm³/mol. The van der Waals surface area contributed by atoms with Crippen molar-refractivity contribution in [1.29, 1.82) is 0 Å². The Morgan fingerprint density at radius 1 is 1.28 bits per heavy atom. The van der Waals surface area contributed by atoms with Gasteiger partial charge in [-0.2, -0.15) is 0 Å². The molecule has 0 aromatic carbocycles. The van der Waals surface area contributed by atoms with Crippen molar-refractivity contribution in [3.63, 3.8) is 0 Å². The minimum atomic E-state index is -3.32. The van der Waals surface area contributed by atoms with Gasteiger partial charge in [-0.15, -0.1) is 0 Å². The summed E-state index contributed by atoms with van der Waals surface area (Å²) in [7, 11) is -3.32. The number of sulfonamides is 1. The number of unbranched alkanes of at least 4 members (excludes halogenated alkanes) is 1. The molecule has 1 heterocycles. The van der Waals surface area contributed by atoms with Gasteiger partial charge >= 0.3 is 0 Å². The molecule has 0 unspecified atom stereocenters. The number of likely N-dealkylation sites (tertiary alicyclic amines) is 1. The summed E-state index contributed by atoms with van der Waals surface area (Å²) in [6, 6.07) is -0.648. The van der Waals surface area contributed by atoms with Crippen molar-refractivity contribution in [2.75, 3.05) is 18.8 Å². The first-order valence-electron chi connectivity index (χ1n) is 6.75. The number of amides is 1. The molecule has 1 rings (SSSR count). The molecule has 0 radical (unpaired) electrons. The molecule has 1 fully saturated rings. The SMILES string of the molecule is CCCCS(=O)(=O)N[C@@H](C)C(=O)N1CCCCC1. The van der Waals surface area contributed by atoms with Gasteiger partial charge in [-0.1, -0.05) is 13.3 Å². The number of piperidine rings is 1. The smallest absolute Gasteiger partial charge is 0.240 e. The first-order chi connectivity index (χ1) is 8.46. The van der Waals surface area contributed by atoms with Crippen molar-refractivity contribution in [2.45, 2.75) is 52.0 Å². The second-order valence-corrected chi connectivity index (χ2v) is 6.77. The summed E-state index contributed by atoms with van der Waals surface area (Å²) < 4.78 is 25.9. The van der Waals surface area contributed by atoms with Crippen LogP contribution >= 0.6 is 0 Å². The van der Waals surface area contributed by atoms with Crippen molar-refractivity contribution in [3.8, 4) is 0 Å². The quantitative estimate of drug-likeness (QED) is 0.790. The molecule has 6 heteroatoms. The number of hydrogen-bond acceptors (Lipinski definition) is 3. The summed E-state index contributed by atoms with van der Waals surface area (Å²) in [6.45, 7) is 5.07. The molecule has 106 valence electrons. The fourth-order valence-electron chi connectivity index (χ4n) is 2.10. The highest BCUT2D eigenvalue weighted by Crippen LogP contribution is 2.10. The Balaban J connectivity index is 2.48. The fraction of sp³-hybridized carbons (Fsp3) is 0.917. The van der Waals surface area contributed by atoms with Gasteiger partial charge in [0.15, 0.2) is 0 Å². The molecule has 0 spiro atoms. The molecule has 18 heavy (non-hydrogen) atoms. The molecule has 1 aliphatic heterocycles. The van der Waals surface area contributed by atoms with Gasteiger partial charge in [0.2, 0.25) is 15.9 Å². The second kappa shape index (κ2) is 7.09. The number of carbonyl (C=O) groups excluding carboxylic acids is 1. The Hall–Kier alpha value is -0.620. The van der Waals surface area contributed by atoms with Gasteiger partial charge in [-0.25, -0.2) is 13.1 Å². The maximum absolute atomic E-state index is 12.0. The van der Waals surface area contributed by atoms with Crippen LogP contribution in [-0.2, 0) is 14.8 Å². The molecule has 1 N–H and O–H groups in total. The van der Waals surface area contributed by atoms with Gasteiger partial charge < -0.3 is 4.90 Å². The number of nitrogens with zero attached hydrogens (tertiary/aromatic N) is 1. The molecule has 1 amide bonds. The van der Waals surface area contributed by atoms with E-state index in [0.29, 0.717) is 6.42 Å². The maximum atomic E-state index is 12.0. The third-order valence-corrected chi connectivity index (χ3v) is 4.70. The Labute approximate surface area is 110 Å². The van der Waals surface area contributed by atoms with Crippen LogP contribution in [0.15, 0.2) is 0 Å². The van der Waals surface area contributed by atoms with Crippen LogP contribution in [0.1, 0.15) is 46.0 Å². The van der Waals surface area contributed by atoms with Gasteiger partial charge in [-0.05, 0) is 32.6 Å². The van der Waals surface area contributed by atoms with Gasteiger partial charge in [-0.3, -0.25) is 4.79 Å². The molecule has 0 bridgehead atoms. The van der Waals surface area contributed by atoms with E-state index in [-0.39, 0.29) is 11.7 Å². The Morgan fingerprint density at radius 3 is 2.44 bits per heavy atom. The van der Waals surface area contributed by atoms with Crippen molar-refractivity contribution >= 4 is 15.9 Å². The first-order valence-corrected chi connectivity index (χ1v) is 8.40. The normalized spacial score (nSPS) is 18.7. The van der Waals surface area contributed by atoms with Gasteiger partial charge in [0.05, 0.1) is 11.8 Å². The molecule has 0 aromatic rings. The summed E-state index contributed by atoms with van der Waals surface area (Å²) >= 11 is 0. The molecule has 0 aliphatic carbocycles. The standard InChI is InChI=1S/C12H24N2O3S/c1-3-4-10-18(16,17)13-11(2)12(15)14-8-6-5-7-9-14/h11,13H,3-10H2,1-2H3/t11-/m0/s1. The average Bonchev–Trinajstić information content (AvgIpc) is 2.36. The van der Waals surface area contributed by atoms with Crippen LogP contribution in [0, 0.1) is 0 Å². The highest BCUT2D eigenvalue weighted by Gasteiger charge is 2.25. The lowest BCUT2D eigenvalue weighted by Gasteiger charge is -2.29. The molecule has 0 aromatic heterocycles. The van der Waals surface area contributed by atoms with Crippen molar-refractivity contribution < 1.29 is 13.2 Å². The third-order valence-electron chi connectivity index (χ3n) is 3.16. The number of nitrogens with one attached hydrogen (secondary N) is 1. The van der Waals surface area contributed by atoms with E-state index in [4.69, 9.17) is 0 Å². The van der Waals surface area contributed by atoms with Crippen LogP contribution in [-0.4, -0.2) is 44.1 Å². The van der Waals surface area contributed by atoms with E-state index in [1.807, 2.05) is 6.92 Å². The zero-order valence-corrected chi connectivity index (χ0v) is 12.1. The highest BCUT2D eigenvalue weighted by molar-refractivity contribution is 7.89. The van der Waals surface area contributed by atoms with Crippen LogP contribution in [0.3, 0.4) is 0 Å². The Kier molecular flexibility index (Phi) is 6.08. The summed E-state index contributed by atoms with van der Waals surface area (Å²) in [5.41, 5.74) is 0. The van der Waals surface area contributed by atoms with E-state index in [1.165, 1.54) is 0 Å². The third kappa shape index (κ3) is 4.94. The number of carbonyl (C=O) groups is 1. The van der Waals surface area contributed by atoms with Crippen LogP contribution < -0.4 is 4.72 Å². The summed E-state index contributed by atoms with van der Waals surface area (Å²) in [6.07, 6.45) is 4.64. The lowest BCUT2D eigenvalue weighted by molar-refractivity contribution is -0.133. The van der Waals surface area contributed by atoms with E-state index >= 15 is 0 Å². The van der Waals surface area contributed by atoms with Crippen LogP contribution in [0.2, 0.25) is 0 Å². The first kappa shape index (κ1) is 15.4. The predicted octanol–water partition coefficient (Wildman–Crippen LogP) is 1.11. The molecule has 1 atom stereocenters. The Morgan fingerprint density at radius 2 is 1.89 bits per heavy atom. The zero-order chi connectivity index (χ0) is 13.6. The van der Waals surface area contributed by atoms with E-state index in [1.54, 1.807) is 11.8 Å². The Bertz CT molecular complexity index is 362. The van der Waals surface area contributed by atoms with Crippen molar-refractivity contribution in [1.82, 2.24) is 9.62 Å². The lowest BCUT2D eigenvalue weighted by Crippen LogP contribution is -2.48. The minimum absolute atomic E-state index is 0.0983. The minimum Gasteiger partial charge on any atom is -0.341 e.